The van der Waals surface area contributed by atoms with Gasteiger partial charge in [-0.3, -0.25) is 0 Å². The first kappa shape index (κ1) is 15.9. The van der Waals surface area contributed by atoms with E-state index in [0.29, 0.717) is 6.04 Å². The van der Waals surface area contributed by atoms with E-state index in [4.69, 9.17) is 0 Å². The van der Waals surface area contributed by atoms with Crippen LogP contribution in [-0.4, -0.2) is 25.0 Å². The summed E-state index contributed by atoms with van der Waals surface area (Å²) in [6, 6.07) is 0.546. The van der Waals surface area contributed by atoms with Crippen molar-refractivity contribution in [3.8, 4) is 0 Å². The summed E-state index contributed by atoms with van der Waals surface area (Å²) in [4.78, 5) is 0. The van der Waals surface area contributed by atoms with Gasteiger partial charge in [0, 0.05) is 6.04 Å². The summed E-state index contributed by atoms with van der Waals surface area (Å²) < 4.78 is 2.35. The molecule has 0 bridgehead atoms. The number of rotatable bonds is 4. The van der Waals surface area contributed by atoms with Crippen LogP contribution in [-0.2, 0) is 0 Å². The van der Waals surface area contributed by atoms with E-state index in [1.54, 1.807) is 23.1 Å². The molecule has 2 aromatic rings. The highest BCUT2D eigenvalue weighted by molar-refractivity contribution is 7.99. The molecule has 3 atom stereocenters. The monoisotopic (exact) mass is 337 g/mol. The molecule has 2 heterocycles. The average molecular weight is 338 g/mol. The van der Waals surface area contributed by atoms with Crippen LogP contribution in [0.2, 0.25) is 0 Å². The lowest BCUT2D eigenvalue weighted by molar-refractivity contribution is 0.268. The Morgan fingerprint density at radius 2 is 2.00 bits per heavy atom. The molecule has 0 radical (unpaired) electrons. The molecule has 3 rings (SSSR count). The number of aryl methyl sites for hydroxylation is 2. The van der Waals surface area contributed by atoms with Gasteiger partial charge in [0.25, 0.3) is 0 Å². The molecule has 7 heteroatoms. The molecular weight excluding hydrogens is 314 g/mol. The zero-order chi connectivity index (χ0) is 15.7. The van der Waals surface area contributed by atoms with Crippen molar-refractivity contribution in [2.24, 2.45) is 5.92 Å². The van der Waals surface area contributed by atoms with Crippen molar-refractivity contribution in [2.75, 3.05) is 0 Å². The quantitative estimate of drug-likeness (QED) is 0.776. The largest absolute Gasteiger partial charge is 0.303 e. The molecular formula is C15H23N5S2. The molecule has 1 aliphatic carbocycles. The van der Waals surface area contributed by atoms with Gasteiger partial charge in [-0.25, -0.2) is 0 Å². The average Bonchev–Trinajstić information content (AvgIpc) is 3.05. The van der Waals surface area contributed by atoms with Crippen LogP contribution in [0.4, 0.5) is 0 Å². The summed E-state index contributed by atoms with van der Waals surface area (Å²) in [6.45, 7) is 8.58. The summed E-state index contributed by atoms with van der Waals surface area (Å²) in [7, 11) is 0. The smallest absolute Gasteiger partial charge is 0.192 e. The van der Waals surface area contributed by atoms with Crippen LogP contribution in [0.25, 0.3) is 0 Å². The number of hydrogen-bond acceptors (Lipinski definition) is 6. The minimum atomic E-state index is 0.259. The first-order valence-electron chi connectivity index (χ1n) is 7.92. The third kappa shape index (κ3) is 3.35. The van der Waals surface area contributed by atoms with Gasteiger partial charge in [0.05, 0.1) is 5.25 Å². The molecule has 1 fully saturated rings. The van der Waals surface area contributed by atoms with Gasteiger partial charge in [0.15, 0.2) is 5.16 Å². The van der Waals surface area contributed by atoms with Crippen LogP contribution < -0.4 is 0 Å². The number of hydrogen-bond donors (Lipinski definition) is 0. The van der Waals surface area contributed by atoms with Gasteiger partial charge in [0.2, 0.25) is 0 Å². The summed E-state index contributed by atoms with van der Waals surface area (Å²) in [5.41, 5.74) is 0. The summed E-state index contributed by atoms with van der Waals surface area (Å²) in [6.07, 6.45) is 5.13. The Bertz CT molecular complexity index is 636. The van der Waals surface area contributed by atoms with Crippen molar-refractivity contribution < 1.29 is 0 Å². The fourth-order valence-electron chi connectivity index (χ4n) is 3.17. The van der Waals surface area contributed by atoms with Gasteiger partial charge in [-0.1, -0.05) is 31.5 Å². The molecule has 0 amide bonds. The van der Waals surface area contributed by atoms with Crippen LogP contribution in [0, 0.1) is 19.8 Å². The fourth-order valence-corrected chi connectivity index (χ4v) is 5.04. The third-order valence-electron chi connectivity index (χ3n) is 4.28. The second kappa shape index (κ2) is 6.66. The zero-order valence-corrected chi connectivity index (χ0v) is 15.2. The van der Waals surface area contributed by atoms with Crippen molar-refractivity contribution in [2.45, 2.75) is 69.8 Å². The Kier molecular flexibility index (Phi) is 4.82. The van der Waals surface area contributed by atoms with E-state index in [-0.39, 0.29) is 5.25 Å². The minimum absolute atomic E-state index is 0.259. The van der Waals surface area contributed by atoms with Gasteiger partial charge < -0.3 is 4.57 Å². The summed E-state index contributed by atoms with van der Waals surface area (Å²) in [5, 5.41) is 20.5. The van der Waals surface area contributed by atoms with Gasteiger partial charge in [-0.05, 0) is 39.5 Å². The lowest BCUT2D eigenvalue weighted by atomic mass is 9.87. The lowest BCUT2D eigenvalue weighted by Crippen LogP contribution is -2.19. The highest BCUT2D eigenvalue weighted by Crippen LogP contribution is 2.39. The maximum atomic E-state index is 4.42. The standard InChI is InChI=1S/C15H23N5S2/c1-9-6-5-7-13(8-9)20-11(3)16-19-15(20)21-10(2)14-18-17-12(4)22-14/h9-10,13H,5-8H2,1-4H3. The molecule has 120 valence electrons. The SMILES string of the molecule is Cc1nnc(C(C)Sc2nnc(C)n2C2CCCC(C)C2)s1. The van der Waals surface area contributed by atoms with E-state index in [1.807, 2.05) is 6.92 Å². The minimum Gasteiger partial charge on any atom is -0.303 e. The van der Waals surface area contributed by atoms with Crippen molar-refractivity contribution in [1.29, 1.82) is 0 Å². The molecule has 0 aliphatic heterocycles. The predicted molar refractivity (Wildman–Crippen MR) is 90.3 cm³/mol. The Morgan fingerprint density at radius 1 is 1.18 bits per heavy atom. The van der Waals surface area contributed by atoms with Crippen LogP contribution in [0.3, 0.4) is 0 Å². The van der Waals surface area contributed by atoms with E-state index >= 15 is 0 Å². The first-order chi connectivity index (χ1) is 10.5. The molecule has 3 unspecified atom stereocenters. The highest BCUT2D eigenvalue weighted by atomic mass is 32.2. The number of aromatic nitrogens is 5. The molecule has 0 spiro atoms. The van der Waals surface area contributed by atoms with E-state index in [1.165, 1.54) is 25.7 Å². The molecule has 0 saturated heterocycles. The van der Waals surface area contributed by atoms with Crippen LogP contribution >= 0.6 is 23.1 Å². The molecule has 2 aromatic heterocycles. The predicted octanol–water partition coefficient (Wildman–Crippen LogP) is 4.35. The van der Waals surface area contributed by atoms with Gasteiger partial charge in [0.1, 0.15) is 15.8 Å². The Hall–Kier alpha value is -0.950. The molecule has 1 aliphatic rings. The fraction of sp³-hybridized carbons (Fsp3) is 0.733. The maximum Gasteiger partial charge on any atom is 0.192 e. The molecule has 0 aromatic carbocycles. The van der Waals surface area contributed by atoms with Crippen LogP contribution in [0.15, 0.2) is 5.16 Å². The van der Waals surface area contributed by atoms with E-state index in [2.05, 4.69) is 45.7 Å². The highest BCUT2D eigenvalue weighted by Gasteiger charge is 2.26. The zero-order valence-electron chi connectivity index (χ0n) is 13.6. The Balaban J connectivity index is 1.79. The summed E-state index contributed by atoms with van der Waals surface area (Å²) >= 11 is 3.41. The maximum absolute atomic E-state index is 4.42. The van der Waals surface area contributed by atoms with Gasteiger partial charge in [-0.2, -0.15) is 0 Å². The normalized spacial score (nSPS) is 23.6. The molecule has 22 heavy (non-hydrogen) atoms. The van der Waals surface area contributed by atoms with E-state index in [0.717, 1.165) is 26.9 Å². The Morgan fingerprint density at radius 3 is 2.68 bits per heavy atom. The van der Waals surface area contributed by atoms with Crippen LogP contribution in [0.5, 0.6) is 0 Å². The summed E-state index contributed by atoms with van der Waals surface area (Å²) in [5.74, 6) is 1.82. The van der Waals surface area contributed by atoms with E-state index in [9.17, 15) is 0 Å². The number of thioether (sulfide) groups is 1. The first-order valence-corrected chi connectivity index (χ1v) is 9.62. The van der Waals surface area contributed by atoms with Crippen molar-refractivity contribution in [1.82, 2.24) is 25.0 Å². The van der Waals surface area contributed by atoms with E-state index < -0.39 is 0 Å². The van der Waals surface area contributed by atoms with Gasteiger partial charge in [-0.15, -0.1) is 31.7 Å². The second-order valence-electron chi connectivity index (χ2n) is 6.24. The third-order valence-corrected chi connectivity index (χ3v) is 6.52. The van der Waals surface area contributed by atoms with Crippen molar-refractivity contribution in [3.05, 3.63) is 15.8 Å². The van der Waals surface area contributed by atoms with Crippen LogP contribution in [0.1, 0.15) is 66.7 Å². The Labute approximate surface area is 139 Å². The molecule has 1 saturated carbocycles. The molecule has 5 nitrogen and oxygen atoms in total. The second-order valence-corrected chi connectivity index (χ2v) is 8.77. The molecule has 0 N–H and O–H groups in total. The van der Waals surface area contributed by atoms with Crippen molar-refractivity contribution >= 4 is 23.1 Å². The van der Waals surface area contributed by atoms with Crippen molar-refractivity contribution in [3.63, 3.8) is 0 Å². The van der Waals surface area contributed by atoms with Gasteiger partial charge >= 0.3 is 0 Å². The number of nitrogens with zero attached hydrogens (tertiary/aromatic N) is 5. The lowest BCUT2D eigenvalue weighted by Gasteiger charge is -2.29. The topological polar surface area (TPSA) is 56.5 Å².